The molecule has 1 aromatic heterocycles. The Morgan fingerprint density at radius 2 is 2.20 bits per heavy atom. The molecule has 0 radical (unpaired) electrons. The van der Waals surface area contributed by atoms with E-state index in [4.69, 9.17) is 0 Å². The van der Waals surface area contributed by atoms with Gasteiger partial charge in [-0.05, 0) is 51.4 Å². The molecule has 0 amide bonds. The van der Waals surface area contributed by atoms with Crippen LogP contribution in [0.1, 0.15) is 37.5 Å². The van der Waals surface area contributed by atoms with E-state index in [-0.39, 0.29) is 6.04 Å². The minimum atomic E-state index is -3.31. The highest BCUT2D eigenvalue weighted by molar-refractivity contribution is 7.91. The molecule has 2 rings (SSSR count). The van der Waals surface area contributed by atoms with Gasteiger partial charge in [-0.3, -0.25) is 0 Å². The molecular weight excluding hydrogens is 292 g/mol. The van der Waals surface area contributed by atoms with Crippen molar-refractivity contribution in [3.05, 3.63) is 17.0 Å². The van der Waals surface area contributed by atoms with Gasteiger partial charge in [0.1, 0.15) is 4.21 Å². The molecule has 2 heterocycles. The molecule has 1 atom stereocenters. The number of hydrogen-bond acceptors (Lipinski definition) is 4. The summed E-state index contributed by atoms with van der Waals surface area (Å²) in [5.41, 5.74) is 0. The van der Waals surface area contributed by atoms with E-state index in [1.54, 1.807) is 10.4 Å². The third-order valence-corrected chi connectivity index (χ3v) is 7.50. The summed E-state index contributed by atoms with van der Waals surface area (Å²) in [6, 6.07) is 3.85. The van der Waals surface area contributed by atoms with Crippen molar-refractivity contribution in [1.29, 1.82) is 0 Å². The van der Waals surface area contributed by atoms with Crippen molar-refractivity contribution in [1.82, 2.24) is 9.62 Å². The first-order valence-corrected chi connectivity index (χ1v) is 9.60. The molecule has 1 aliphatic heterocycles. The maximum absolute atomic E-state index is 12.8. The highest BCUT2D eigenvalue weighted by Crippen LogP contribution is 2.30. The average molecular weight is 316 g/mol. The molecule has 20 heavy (non-hydrogen) atoms. The van der Waals surface area contributed by atoms with Crippen LogP contribution in [-0.2, 0) is 16.4 Å². The van der Waals surface area contributed by atoms with Crippen molar-refractivity contribution < 1.29 is 8.42 Å². The summed E-state index contributed by atoms with van der Waals surface area (Å²) in [4.78, 5) is 1.13. The molecule has 6 heteroatoms. The standard InChI is InChI=1S/C14H24N2O2S2/c1-3-13-7-8-14(19-13)20(17,18)16-11-5-4-6-12(16)9-10-15-2/h7-8,12,15H,3-6,9-11H2,1-2H3. The number of nitrogens with zero attached hydrogens (tertiary/aromatic N) is 1. The first kappa shape index (κ1) is 15.9. The van der Waals surface area contributed by atoms with Crippen LogP contribution in [0, 0.1) is 0 Å². The largest absolute Gasteiger partial charge is 0.320 e. The topological polar surface area (TPSA) is 49.4 Å². The molecule has 1 fully saturated rings. The van der Waals surface area contributed by atoms with E-state index in [0.29, 0.717) is 10.8 Å². The molecule has 1 saturated heterocycles. The summed E-state index contributed by atoms with van der Waals surface area (Å²) in [7, 11) is -1.40. The van der Waals surface area contributed by atoms with Crippen molar-refractivity contribution in [2.45, 2.75) is 49.3 Å². The number of thiophene rings is 1. The Hall–Kier alpha value is -0.430. The second kappa shape index (κ2) is 7.02. The SMILES string of the molecule is CCc1ccc(S(=O)(=O)N2CCCCC2CCNC)s1. The van der Waals surface area contributed by atoms with E-state index < -0.39 is 10.0 Å². The normalized spacial score (nSPS) is 21.2. The monoisotopic (exact) mass is 316 g/mol. The summed E-state index contributed by atoms with van der Waals surface area (Å²) in [5, 5.41) is 3.12. The van der Waals surface area contributed by atoms with Gasteiger partial charge >= 0.3 is 0 Å². The molecule has 0 aromatic carbocycles. The lowest BCUT2D eigenvalue weighted by Gasteiger charge is -2.34. The van der Waals surface area contributed by atoms with Crippen LogP contribution in [0.25, 0.3) is 0 Å². The maximum atomic E-state index is 12.8. The molecule has 4 nitrogen and oxygen atoms in total. The van der Waals surface area contributed by atoms with Crippen molar-refractivity contribution in [3.8, 4) is 0 Å². The van der Waals surface area contributed by atoms with E-state index in [1.165, 1.54) is 11.3 Å². The zero-order chi connectivity index (χ0) is 14.6. The highest BCUT2D eigenvalue weighted by Gasteiger charge is 2.33. The van der Waals surface area contributed by atoms with Crippen LogP contribution in [-0.4, -0.2) is 38.9 Å². The van der Waals surface area contributed by atoms with Crippen LogP contribution < -0.4 is 5.32 Å². The zero-order valence-corrected chi connectivity index (χ0v) is 13.9. The molecular formula is C14H24N2O2S2. The Labute approximate surface area is 126 Å². The molecule has 1 aromatic rings. The Morgan fingerprint density at radius 3 is 2.85 bits per heavy atom. The lowest BCUT2D eigenvalue weighted by Crippen LogP contribution is -2.44. The molecule has 1 unspecified atom stereocenters. The van der Waals surface area contributed by atoms with Gasteiger partial charge in [0.15, 0.2) is 0 Å². The Morgan fingerprint density at radius 1 is 1.40 bits per heavy atom. The second-order valence-corrected chi connectivity index (χ2v) is 8.52. The Balaban J connectivity index is 2.20. The van der Waals surface area contributed by atoms with Crippen LogP contribution in [0.15, 0.2) is 16.3 Å². The molecule has 0 aliphatic carbocycles. The van der Waals surface area contributed by atoms with Crippen LogP contribution in [0.4, 0.5) is 0 Å². The second-order valence-electron chi connectivity index (χ2n) is 5.23. The molecule has 114 valence electrons. The van der Waals surface area contributed by atoms with Crippen LogP contribution in [0.3, 0.4) is 0 Å². The Bertz CT molecular complexity index is 525. The van der Waals surface area contributed by atoms with Crippen LogP contribution in [0.2, 0.25) is 0 Å². The van der Waals surface area contributed by atoms with Crippen LogP contribution in [0.5, 0.6) is 0 Å². The van der Waals surface area contributed by atoms with Gasteiger partial charge in [-0.1, -0.05) is 13.3 Å². The smallest absolute Gasteiger partial charge is 0.252 e. The number of rotatable bonds is 6. The fraction of sp³-hybridized carbons (Fsp3) is 0.714. The van der Waals surface area contributed by atoms with Gasteiger partial charge in [0.05, 0.1) is 0 Å². The average Bonchev–Trinajstić information content (AvgIpc) is 2.95. The quantitative estimate of drug-likeness (QED) is 0.877. The molecule has 1 aliphatic rings. The fourth-order valence-electron chi connectivity index (χ4n) is 2.69. The lowest BCUT2D eigenvalue weighted by molar-refractivity contribution is 0.241. The third kappa shape index (κ3) is 3.42. The Kier molecular flexibility index (Phi) is 5.60. The van der Waals surface area contributed by atoms with Gasteiger partial charge < -0.3 is 5.32 Å². The highest BCUT2D eigenvalue weighted by atomic mass is 32.2. The summed E-state index contributed by atoms with van der Waals surface area (Å²) >= 11 is 1.41. The van der Waals surface area contributed by atoms with E-state index in [2.05, 4.69) is 12.2 Å². The predicted octanol–water partition coefficient (Wildman–Crippen LogP) is 2.46. The van der Waals surface area contributed by atoms with E-state index in [0.717, 1.165) is 43.5 Å². The summed E-state index contributed by atoms with van der Waals surface area (Å²) in [6.07, 6.45) is 4.87. The molecule has 0 saturated carbocycles. The van der Waals surface area contributed by atoms with E-state index >= 15 is 0 Å². The van der Waals surface area contributed by atoms with Crippen LogP contribution >= 0.6 is 11.3 Å². The van der Waals surface area contributed by atoms with Gasteiger partial charge in [-0.15, -0.1) is 11.3 Å². The number of piperidine rings is 1. The number of sulfonamides is 1. The van der Waals surface area contributed by atoms with E-state index in [1.807, 2.05) is 13.1 Å². The fourth-order valence-corrected chi connectivity index (χ4v) is 5.84. The predicted molar refractivity (Wildman–Crippen MR) is 83.8 cm³/mol. The van der Waals surface area contributed by atoms with Crippen molar-refractivity contribution >= 4 is 21.4 Å². The summed E-state index contributed by atoms with van der Waals surface area (Å²) in [5.74, 6) is 0. The zero-order valence-electron chi connectivity index (χ0n) is 12.3. The first-order chi connectivity index (χ1) is 9.59. The minimum absolute atomic E-state index is 0.147. The van der Waals surface area contributed by atoms with Gasteiger partial charge in [-0.2, -0.15) is 4.31 Å². The van der Waals surface area contributed by atoms with Gasteiger partial charge in [0.2, 0.25) is 0 Å². The molecule has 0 bridgehead atoms. The maximum Gasteiger partial charge on any atom is 0.252 e. The van der Waals surface area contributed by atoms with Crippen molar-refractivity contribution in [3.63, 3.8) is 0 Å². The van der Waals surface area contributed by atoms with Gasteiger partial charge in [0.25, 0.3) is 10.0 Å². The van der Waals surface area contributed by atoms with Crippen molar-refractivity contribution in [2.24, 2.45) is 0 Å². The molecule has 1 N–H and O–H groups in total. The molecule has 0 spiro atoms. The van der Waals surface area contributed by atoms with E-state index in [9.17, 15) is 8.42 Å². The first-order valence-electron chi connectivity index (χ1n) is 7.34. The van der Waals surface area contributed by atoms with Gasteiger partial charge in [-0.25, -0.2) is 8.42 Å². The third-order valence-electron chi connectivity index (χ3n) is 3.85. The minimum Gasteiger partial charge on any atom is -0.320 e. The number of hydrogen-bond donors (Lipinski definition) is 1. The number of nitrogens with one attached hydrogen (secondary N) is 1. The summed E-state index contributed by atoms with van der Waals surface area (Å²) in [6.45, 7) is 3.58. The lowest BCUT2D eigenvalue weighted by atomic mass is 10.0. The summed E-state index contributed by atoms with van der Waals surface area (Å²) < 4.78 is 27.9. The van der Waals surface area contributed by atoms with Gasteiger partial charge in [0, 0.05) is 17.5 Å². The number of aryl methyl sites for hydroxylation is 1. The van der Waals surface area contributed by atoms with Crippen molar-refractivity contribution in [2.75, 3.05) is 20.1 Å².